The molecule has 3 N–H and O–H groups in total. The highest BCUT2D eigenvalue weighted by molar-refractivity contribution is 6.11. The van der Waals surface area contributed by atoms with E-state index in [1.165, 1.54) is 12.1 Å². The van der Waals surface area contributed by atoms with E-state index in [2.05, 4.69) is 15.5 Å². The molecule has 0 heterocycles. The first-order valence-electron chi connectivity index (χ1n) is 10.6. The highest BCUT2D eigenvalue weighted by atomic mass is 16.6. The van der Waals surface area contributed by atoms with Crippen LogP contribution in [0.1, 0.15) is 36.7 Å². The van der Waals surface area contributed by atoms with Crippen molar-refractivity contribution in [3.63, 3.8) is 0 Å². The Morgan fingerprint density at radius 1 is 0.971 bits per heavy atom. The van der Waals surface area contributed by atoms with E-state index >= 15 is 0 Å². The molecule has 3 rings (SSSR count). The minimum atomic E-state index is -0.660. The van der Waals surface area contributed by atoms with E-state index in [1.54, 1.807) is 81.4 Å². The Morgan fingerprint density at radius 3 is 2.35 bits per heavy atom. The number of azo groups is 1. The molecule has 0 amide bonds. The Morgan fingerprint density at radius 2 is 1.65 bits per heavy atom. The fraction of sp³-hybridized carbons (Fsp3) is 0.154. The number of rotatable bonds is 8. The lowest BCUT2D eigenvalue weighted by Gasteiger charge is -2.17. The molecule has 8 nitrogen and oxygen atoms in total. The summed E-state index contributed by atoms with van der Waals surface area (Å²) < 4.78 is 5.34. The highest BCUT2D eigenvalue weighted by Gasteiger charge is 2.19. The van der Waals surface area contributed by atoms with Gasteiger partial charge >= 0.3 is 5.97 Å². The summed E-state index contributed by atoms with van der Waals surface area (Å²) >= 11 is 0. The molecule has 0 aliphatic carbocycles. The summed E-state index contributed by atoms with van der Waals surface area (Å²) in [5.41, 5.74) is 1.51. The van der Waals surface area contributed by atoms with Gasteiger partial charge in [0.05, 0.1) is 11.3 Å². The molecule has 3 aromatic carbocycles. The van der Waals surface area contributed by atoms with Crippen molar-refractivity contribution in [2.24, 2.45) is 10.2 Å². The first-order chi connectivity index (χ1) is 16.3. The first-order valence-corrected chi connectivity index (χ1v) is 10.6. The molecule has 1 atom stereocenters. The monoisotopic (exact) mass is 459 g/mol. The second-order valence-electron chi connectivity index (χ2n) is 7.41. The lowest BCUT2D eigenvalue weighted by molar-refractivity contribution is -0.142. The van der Waals surface area contributed by atoms with Crippen LogP contribution in [0, 0.1) is 0 Å². The fourth-order valence-corrected chi connectivity index (χ4v) is 3.00. The molecular formula is C26H25N3O5. The zero-order valence-corrected chi connectivity index (χ0v) is 19.0. The molecule has 0 bridgehead atoms. The average Bonchev–Trinajstić information content (AvgIpc) is 2.84. The lowest BCUT2D eigenvalue weighted by atomic mass is 10.0. The van der Waals surface area contributed by atoms with Gasteiger partial charge in [0, 0.05) is 11.1 Å². The maximum atomic E-state index is 12.8. The molecular weight excluding hydrogens is 434 g/mol. The molecule has 34 heavy (non-hydrogen) atoms. The molecule has 8 heteroatoms. The molecule has 0 spiro atoms. The number of benzene rings is 3. The van der Waals surface area contributed by atoms with Crippen LogP contribution in [-0.2, 0) is 9.53 Å². The van der Waals surface area contributed by atoms with Crippen LogP contribution in [0.5, 0.6) is 11.5 Å². The van der Waals surface area contributed by atoms with Crippen molar-refractivity contribution in [1.29, 1.82) is 0 Å². The van der Waals surface area contributed by atoms with Crippen LogP contribution in [0.25, 0.3) is 0 Å². The largest absolute Gasteiger partial charge is 0.505 e. The predicted octanol–water partition coefficient (Wildman–Crippen LogP) is 6.01. The van der Waals surface area contributed by atoms with Crippen molar-refractivity contribution in [1.82, 2.24) is 0 Å². The van der Waals surface area contributed by atoms with Crippen molar-refractivity contribution >= 4 is 28.8 Å². The number of hydrogen-bond donors (Lipinski definition) is 3. The summed E-state index contributed by atoms with van der Waals surface area (Å²) in [5.74, 6) is -1.67. The van der Waals surface area contributed by atoms with Gasteiger partial charge in [0.15, 0.2) is 23.4 Å². The third-order valence-corrected chi connectivity index (χ3v) is 4.97. The van der Waals surface area contributed by atoms with Crippen LogP contribution in [0.2, 0.25) is 0 Å². The molecule has 1 unspecified atom stereocenters. The van der Waals surface area contributed by atoms with Crippen molar-refractivity contribution in [3.05, 3.63) is 89.5 Å². The summed E-state index contributed by atoms with van der Waals surface area (Å²) in [6, 6.07) is 17.9. The third-order valence-electron chi connectivity index (χ3n) is 4.97. The zero-order chi connectivity index (χ0) is 24.7. The summed E-state index contributed by atoms with van der Waals surface area (Å²) in [6.07, 6.45) is 1.000. The number of ether oxygens (including phenoxy) is 1. The van der Waals surface area contributed by atoms with Gasteiger partial charge in [-0.25, -0.2) is 4.79 Å². The molecule has 0 fully saturated rings. The number of phenolic OH excluding ortho intramolecular Hbond substituents is 2. The fourth-order valence-electron chi connectivity index (χ4n) is 3.00. The van der Waals surface area contributed by atoms with Crippen molar-refractivity contribution < 1.29 is 24.5 Å². The Hall–Kier alpha value is -4.46. The summed E-state index contributed by atoms with van der Waals surface area (Å²) in [6.45, 7) is 5.08. The Labute approximate surface area is 197 Å². The van der Waals surface area contributed by atoms with Gasteiger partial charge in [0.25, 0.3) is 0 Å². The van der Waals surface area contributed by atoms with Crippen LogP contribution in [0.4, 0.5) is 17.1 Å². The number of carbonyl (C=O) groups excluding carboxylic acids is 2. The van der Waals surface area contributed by atoms with Gasteiger partial charge < -0.3 is 20.3 Å². The molecule has 3 aromatic rings. The molecule has 0 saturated heterocycles. The van der Waals surface area contributed by atoms with Crippen LogP contribution in [0.15, 0.2) is 88.6 Å². The number of nitrogens with zero attached hydrogens (tertiary/aromatic N) is 2. The van der Waals surface area contributed by atoms with Crippen LogP contribution in [0.3, 0.4) is 0 Å². The van der Waals surface area contributed by atoms with Gasteiger partial charge in [0.1, 0.15) is 11.4 Å². The lowest BCUT2D eigenvalue weighted by Crippen LogP contribution is -2.23. The number of carbonyl (C=O) groups is 2. The summed E-state index contributed by atoms with van der Waals surface area (Å²) in [5, 5.41) is 32.1. The van der Waals surface area contributed by atoms with Gasteiger partial charge in [-0.2, -0.15) is 0 Å². The molecule has 174 valence electrons. The smallest absolute Gasteiger partial charge is 0.335 e. The predicted molar refractivity (Wildman–Crippen MR) is 129 cm³/mol. The second kappa shape index (κ2) is 10.9. The maximum absolute atomic E-state index is 12.8. The number of hydrogen-bond acceptors (Lipinski definition) is 8. The van der Waals surface area contributed by atoms with Gasteiger partial charge in [-0.1, -0.05) is 48.5 Å². The number of anilines is 1. The quantitative estimate of drug-likeness (QED) is 0.125. The van der Waals surface area contributed by atoms with E-state index in [9.17, 15) is 19.8 Å². The zero-order valence-electron chi connectivity index (χ0n) is 19.0. The van der Waals surface area contributed by atoms with Crippen LogP contribution >= 0.6 is 0 Å². The maximum Gasteiger partial charge on any atom is 0.335 e. The number of phenols is 2. The topological polar surface area (TPSA) is 121 Å². The molecule has 0 aliphatic rings. The third kappa shape index (κ3) is 5.66. The van der Waals surface area contributed by atoms with Gasteiger partial charge in [-0.15, -0.1) is 10.2 Å². The molecule has 0 aliphatic heterocycles. The van der Waals surface area contributed by atoms with E-state index in [0.29, 0.717) is 22.5 Å². The van der Waals surface area contributed by atoms with Crippen LogP contribution < -0.4 is 5.32 Å². The minimum absolute atomic E-state index is 0.00996. The average molecular weight is 460 g/mol. The van der Waals surface area contributed by atoms with E-state index in [1.807, 2.05) is 0 Å². The molecule has 0 saturated carbocycles. The Kier molecular flexibility index (Phi) is 7.76. The van der Waals surface area contributed by atoms with Gasteiger partial charge in [0.2, 0.25) is 0 Å². The van der Waals surface area contributed by atoms with Crippen molar-refractivity contribution in [2.45, 2.75) is 27.0 Å². The number of ketones is 1. The summed E-state index contributed by atoms with van der Waals surface area (Å²) in [7, 11) is 0. The van der Waals surface area contributed by atoms with E-state index < -0.39 is 23.7 Å². The number of aromatic hydroxyl groups is 2. The van der Waals surface area contributed by atoms with Gasteiger partial charge in [-0.3, -0.25) is 4.79 Å². The SMILES string of the molecule is C/C=C(\C)C(=O)OC(C)Nc1ccccc1N=Nc1c(O)ccc(C(=O)c2ccccc2)c1O. The minimum Gasteiger partial charge on any atom is -0.505 e. The highest BCUT2D eigenvalue weighted by Crippen LogP contribution is 2.41. The number of allylic oxidation sites excluding steroid dienone is 1. The van der Waals surface area contributed by atoms with Crippen LogP contribution in [-0.4, -0.2) is 28.2 Å². The molecule has 0 aromatic heterocycles. The van der Waals surface area contributed by atoms with E-state index in [0.717, 1.165) is 0 Å². The Bertz CT molecular complexity index is 1250. The normalized spacial score (nSPS) is 12.4. The van der Waals surface area contributed by atoms with Gasteiger partial charge in [-0.05, 0) is 45.0 Å². The van der Waals surface area contributed by atoms with Crippen molar-refractivity contribution in [2.75, 3.05) is 5.32 Å². The van der Waals surface area contributed by atoms with E-state index in [4.69, 9.17) is 4.74 Å². The Balaban J connectivity index is 1.86. The molecule has 0 radical (unpaired) electrons. The number of nitrogens with one attached hydrogen (secondary N) is 1. The second-order valence-corrected chi connectivity index (χ2v) is 7.41. The standard InChI is InChI=1S/C26H25N3O5/c1-4-16(2)26(33)34-17(3)27-20-12-8-9-13-21(20)28-29-23-22(30)15-14-19(25(23)32)24(31)18-10-6-5-7-11-18/h4-15,17,27,30,32H,1-3H3/b16-4+,29-28?. The number of para-hydroxylation sites is 1. The van der Waals surface area contributed by atoms with E-state index in [-0.39, 0.29) is 17.0 Å². The first kappa shape index (κ1) is 24.2. The number of esters is 1. The van der Waals surface area contributed by atoms with Crippen molar-refractivity contribution in [3.8, 4) is 11.5 Å². The summed E-state index contributed by atoms with van der Waals surface area (Å²) in [4.78, 5) is 24.7.